The molecule has 2 unspecified atom stereocenters. The van der Waals surface area contributed by atoms with Crippen molar-refractivity contribution in [3.63, 3.8) is 0 Å². The minimum atomic E-state index is -0.0101. The molecule has 0 saturated carbocycles. The SMILES string of the molecule is CC1C(NC(=O)c2cccc(Oc3ccccc3)c2)C2CCN1CC2. The fourth-order valence-electron chi connectivity index (χ4n) is 4.11. The number of ether oxygens (including phenoxy) is 1. The average molecular weight is 336 g/mol. The summed E-state index contributed by atoms with van der Waals surface area (Å²) >= 11 is 0. The minimum absolute atomic E-state index is 0.0101. The Morgan fingerprint density at radius 2 is 1.76 bits per heavy atom. The summed E-state index contributed by atoms with van der Waals surface area (Å²) in [5.74, 6) is 2.05. The third kappa shape index (κ3) is 3.40. The predicted molar refractivity (Wildman–Crippen MR) is 98.0 cm³/mol. The summed E-state index contributed by atoms with van der Waals surface area (Å²) in [7, 11) is 0. The molecule has 4 nitrogen and oxygen atoms in total. The first kappa shape index (κ1) is 16.2. The van der Waals surface area contributed by atoms with Crippen LogP contribution in [0.15, 0.2) is 54.6 Å². The molecule has 2 atom stereocenters. The second-order valence-electron chi connectivity index (χ2n) is 7.06. The van der Waals surface area contributed by atoms with Gasteiger partial charge in [-0.25, -0.2) is 0 Å². The van der Waals surface area contributed by atoms with Crippen molar-refractivity contribution in [1.29, 1.82) is 0 Å². The van der Waals surface area contributed by atoms with Crippen LogP contribution in [0, 0.1) is 5.92 Å². The van der Waals surface area contributed by atoms with Crippen LogP contribution in [0.5, 0.6) is 11.5 Å². The number of hydrogen-bond acceptors (Lipinski definition) is 3. The van der Waals surface area contributed by atoms with Gasteiger partial charge in [0.2, 0.25) is 0 Å². The standard InChI is InChI=1S/C21H24N2O2/c1-15-20(16-10-12-23(15)13-11-16)22-21(24)17-6-5-9-19(14-17)25-18-7-3-2-4-8-18/h2-9,14-16,20H,10-13H2,1H3,(H,22,24). The van der Waals surface area contributed by atoms with E-state index >= 15 is 0 Å². The van der Waals surface area contributed by atoms with Crippen LogP contribution in [0.2, 0.25) is 0 Å². The molecule has 2 aromatic rings. The van der Waals surface area contributed by atoms with E-state index < -0.39 is 0 Å². The molecule has 1 amide bonds. The minimum Gasteiger partial charge on any atom is -0.457 e. The van der Waals surface area contributed by atoms with E-state index in [0.29, 0.717) is 23.3 Å². The third-order valence-electron chi connectivity index (χ3n) is 5.55. The highest BCUT2D eigenvalue weighted by atomic mass is 16.5. The fourth-order valence-corrected chi connectivity index (χ4v) is 4.11. The quantitative estimate of drug-likeness (QED) is 0.926. The molecule has 0 radical (unpaired) electrons. The molecule has 0 aromatic heterocycles. The van der Waals surface area contributed by atoms with E-state index in [1.807, 2.05) is 54.6 Å². The fraction of sp³-hybridized carbons (Fsp3) is 0.381. The lowest BCUT2D eigenvalue weighted by atomic mass is 9.79. The number of piperidine rings is 3. The molecule has 4 heteroatoms. The summed E-state index contributed by atoms with van der Waals surface area (Å²) in [5, 5.41) is 3.27. The first-order chi connectivity index (χ1) is 12.2. The lowest BCUT2D eigenvalue weighted by molar-refractivity contribution is 0.0217. The summed E-state index contributed by atoms with van der Waals surface area (Å²) < 4.78 is 5.84. The van der Waals surface area contributed by atoms with Crippen LogP contribution in [0.1, 0.15) is 30.1 Å². The van der Waals surface area contributed by atoms with Gasteiger partial charge in [0.15, 0.2) is 0 Å². The van der Waals surface area contributed by atoms with E-state index in [1.54, 1.807) is 0 Å². The van der Waals surface area contributed by atoms with Crippen LogP contribution < -0.4 is 10.1 Å². The summed E-state index contributed by atoms with van der Waals surface area (Å²) in [6.45, 7) is 4.56. The van der Waals surface area contributed by atoms with E-state index in [4.69, 9.17) is 4.74 Å². The van der Waals surface area contributed by atoms with Gasteiger partial charge in [0, 0.05) is 17.6 Å². The maximum atomic E-state index is 12.8. The Bertz CT molecular complexity index is 737. The Morgan fingerprint density at radius 1 is 1.04 bits per heavy atom. The number of amides is 1. The number of fused-ring (bicyclic) bond motifs is 3. The van der Waals surface area contributed by atoms with Crippen LogP contribution in [0.3, 0.4) is 0 Å². The van der Waals surface area contributed by atoms with Crippen molar-refractivity contribution in [2.75, 3.05) is 13.1 Å². The molecule has 3 fully saturated rings. The highest BCUT2D eigenvalue weighted by molar-refractivity contribution is 5.94. The summed E-state index contributed by atoms with van der Waals surface area (Å²) in [6.07, 6.45) is 2.37. The van der Waals surface area contributed by atoms with Gasteiger partial charge in [-0.2, -0.15) is 0 Å². The normalized spacial score (nSPS) is 27.7. The molecule has 130 valence electrons. The topological polar surface area (TPSA) is 41.6 Å². The molecule has 3 heterocycles. The molecule has 0 spiro atoms. The summed E-state index contributed by atoms with van der Waals surface area (Å²) in [5.41, 5.74) is 0.650. The van der Waals surface area contributed by atoms with Gasteiger partial charge in [-0.1, -0.05) is 24.3 Å². The van der Waals surface area contributed by atoms with Crippen molar-refractivity contribution < 1.29 is 9.53 Å². The van der Waals surface area contributed by atoms with E-state index in [9.17, 15) is 4.79 Å². The van der Waals surface area contributed by atoms with Crippen LogP contribution in [0.25, 0.3) is 0 Å². The molecular weight excluding hydrogens is 312 g/mol. The van der Waals surface area contributed by atoms with Gasteiger partial charge in [-0.05, 0) is 69.1 Å². The van der Waals surface area contributed by atoms with E-state index in [1.165, 1.54) is 25.9 Å². The predicted octanol–water partition coefficient (Wildman–Crippen LogP) is 3.69. The Balaban J connectivity index is 1.46. The largest absolute Gasteiger partial charge is 0.457 e. The van der Waals surface area contributed by atoms with Crippen molar-refractivity contribution >= 4 is 5.91 Å². The number of carbonyl (C=O) groups is 1. The molecule has 5 rings (SSSR count). The monoisotopic (exact) mass is 336 g/mol. The molecule has 0 aliphatic carbocycles. The zero-order valence-electron chi connectivity index (χ0n) is 14.5. The lowest BCUT2D eigenvalue weighted by Crippen LogP contribution is -2.62. The molecule has 2 bridgehead atoms. The highest BCUT2D eigenvalue weighted by Gasteiger charge is 2.40. The third-order valence-corrected chi connectivity index (χ3v) is 5.55. The van der Waals surface area contributed by atoms with Gasteiger partial charge in [-0.3, -0.25) is 9.69 Å². The zero-order valence-corrected chi connectivity index (χ0v) is 14.5. The number of para-hydroxylation sites is 1. The Hall–Kier alpha value is -2.33. The van der Waals surface area contributed by atoms with Gasteiger partial charge in [0.05, 0.1) is 0 Å². The van der Waals surface area contributed by atoms with Gasteiger partial charge >= 0.3 is 0 Å². The van der Waals surface area contributed by atoms with Crippen LogP contribution in [0.4, 0.5) is 0 Å². The number of hydrogen-bond donors (Lipinski definition) is 1. The average Bonchev–Trinajstić information content (AvgIpc) is 2.66. The summed E-state index contributed by atoms with van der Waals surface area (Å²) in [4.78, 5) is 15.2. The number of nitrogens with zero attached hydrogens (tertiary/aromatic N) is 1. The second-order valence-corrected chi connectivity index (χ2v) is 7.06. The number of rotatable bonds is 4. The summed E-state index contributed by atoms with van der Waals surface area (Å²) in [6, 6.07) is 17.7. The molecule has 3 saturated heterocycles. The molecule has 3 aliphatic heterocycles. The van der Waals surface area contributed by atoms with E-state index in [-0.39, 0.29) is 11.9 Å². The molecule has 3 aliphatic rings. The molecular formula is C21H24N2O2. The maximum absolute atomic E-state index is 12.8. The zero-order chi connectivity index (χ0) is 17.2. The van der Waals surface area contributed by atoms with Crippen molar-refractivity contribution in [2.24, 2.45) is 5.92 Å². The van der Waals surface area contributed by atoms with Crippen LogP contribution in [-0.4, -0.2) is 36.0 Å². The Labute approximate surface area is 148 Å². The Kier molecular flexibility index (Phi) is 4.45. The molecule has 1 N–H and O–H groups in total. The Morgan fingerprint density at radius 3 is 2.48 bits per heavy atom. The van der Waals surface area contributed by atoms with Crippen molar-refractivity contribution in [2.45, 2.75) is 31.8 Å². The van der Waals surface area contributed by atoms with Crippen molar-refractivity contribution in [3.8, 4) is 11.5 Å². The van der Waals surface area contributed by atoms with Gasteiger partial charge in [0.25, 0.3) is 5.91 Å². The lowest BCUT2D eigenvalue weighted by Gasteiger charge is -2.49. The van der Waals surface area contributed by atoms with Crippen LogP contribution in [-0.2, 0) is 0 Å². The van der Waals surface area contributed by atoms with Gasteiger partial charge < -0.3 is 10.1 Å². The first-order valence-corrected chi connectivity index (χ1v) is 9.08. The van der Waals surface area contributed by atoms with Crippen LogP contribution >= 0.6 is 0 Å². The van der Waals surface area contributed by atoms with Gasteiger partial charge in [0.1, 0.15) is 11.5 Å². The van der Waals surface area contributed by atoms with Gasteiger partial charge in [-0.15, -0.1) is 0 Å². The number of benzene rings is 2. The van der Waals surface area contributed by atoms with Crippen molar-refractivity contribution in [1.82, 2.24) is 10.2 Å². The van der Waals surface area contributed by atoms with Crippen molar-refractivity contribution in [3.05, 3.63) is 60.2 Å². The number of carbonyl (C=O) groups excluding carboxylic acids is 1. The molecule has 25 heavy (non-hydrogen) atoms. The maximum Gasteiger partial charge on any atom is 0.251 e. The highest BCUT2D eigenvalue weighted by Crippen LogP contribution is 2.32. The smallest absolute Gasteiger partial charge is 0.251 e. The van der Waals surface area contributed by atoms with E-state index in [0.717, 1.165) is 5.75 Å². The molecule has 2 aromatic carbocycles. The number of nitrogens with one attached hydrogen (secondary N) is 1. The second kappa shape index (κ2) is 6.89. The first-order valence-electron chi connectivity index (χ1n) is 9.08. The van der Waals surface area contributed by atoms with E-state index in [2.05, 4.69) is 17.1 Å².